The third-order valence-corrected chi connectivity index (χ3v) is 19.2. The maximum Gasteiger partial charge on any atom is 0.249 e. The van der Waals surface area contributed by atoms with E-state index in [1.54, 1.807) is 0 Å². The third-order valence-electron chi connectivity index (χ3n) is 19.2. The number of nitrogens with one attached hydrogen (secondary N) is 1. The van der Waals surface area contributed by atoms with Gasteiger partial charge in [0.1, 0.15) is 36.6 Å². The van der Waals surface area contributed by atoms with Gasteiger partial charge in [0.15, 0.2) is 6.29 Å². The summed E-state index contributed by atoms with van der Waals surface area (Å²) < 4.78 is 11.2. The van der Waals surface area contributed by atoms with Crippen LogP contribution in [0.5, 0.6) is 0 Å². The number of ether oxygens (including phenoxy) is 2. The number of unbranched alkanes of at least 4 members (excludes halogenated alkanes) is 54. The van der Waals surface area contributed by atoms with Gasteiger partial charge in [-0.25, -0.2) is 0 Å². The minimum Gasteiger partial charge on any atom is -0.394 e. The van der Waals surface area contributed by atoms with Crippen molar-refractivity contribution in [3.8, 4) is 0 Å². The number of aliphatic hydroxyl groups excluding tert-OH is 7. The van der Waals surface area contributed by atoms with E-state index in [9.17, 15) is 40.5 Å². The lowest BCUT2D eigenvalue weighted by molar-refractivity contribution is -0.303. The first kappa shape index (κ1) is 85.6. The van der Waals surface area contributed by atoms with E-state index in [-0.39, 0.29) is 12.8 Å². The second kappa shape index (κ2) is 66.6. The van der Waals surface area contributed by atoms with Gasteiger partial charge in [-0.3, -0.25) is 4.79 Å². The van der Waals surface area contributed by atoms with Crippen LogP contribution in [-0.2, 0) is 14.3 Å². The average molecular weight is 1260 g/mol. The van der Waals surface area contributed by atoms with Gasteiger partial charge >= 0.3 is 0 Å². The molecule has 0 aromatic carbocycles. The van der Waals surface area contributed by atoms with Crippen LogP contribution in [0.1, 0.15) is 399 Å². The molecule has 1 saturated heterocycles. The molecule has 9 atom stereocenters. The molecule has 0 aromatic heterocycles. The Bertz CT molecular complexity index is 1500. The van der Waals surface area contributed by atoms with Crippen LogP contribution in [0.25, 0.3) is 0 Å². The maximum absolute atomic E-state index is 13.3. The Morgan fingerprint density at radius 1 is 0.382 bits per heavy atom. The highest BCUT2D eigenvalue weighted by atomic mass is 16.7. The molecular formula is C78H151NO10. The van der Waals surface area contributed by atoms with Gasteiger partial charge in [0, 0.05) is 0 Å². The summed E-state index contributed by atoms with van der Waals surface area (Å²) in [4.78, 5) is 13.3. The molecular weight excluding hydrogens is 1110 g/mol. The summed E-state index contributed by atoms with van der Waals surface area (Å²) >= 11 is 0. The van der Waals surface area contributed by atoms with Crippen LogP contribution >= 0.6 is 0 Å². The molecule has 11 nitrogen and oxygen atoms in total. The Kier molecular flexibility index (Phi) is 64.1. The SMILES string of the molecule is CCCCCCCCCCCCCC/C=C\CCCCCCCCCCCCCCCCC(O)C(=O)NC(COC1OC(CO)C(O)C(O)C1O)C(O)C(O)CCC/C=C/CCCCCCCCCCCCCCCCCCCCCCCCCCCCC. The van der Waals surface area contributed by atoms with Crippen LogP contribution in [0.2, 0.25) is 0 Å². The molecule has 0 aliphatic carbocycles. The standard InChI is InChI=1S/C78H151NO10/c1-3-5-7-9-11-13-15-17-19-21-23-25-27-29-31-33-35-36-38-39-41-43-45-47-49-51-53-55-57-59-61-63-65-70(81)73(83)69(68-88-78-76(86)75(85)74(84)72(67-80)89-78)79-77(87)71(82)66-64-62-60-58-56-54-52-50-48-46-44-42-40-37-34-32-30-28-26-24-22-20-18-16-14-12-10-8-6-4-2/h30,32,57,59,69-76,78,80-86H,3-29,31,33-56,58,60-68H2,1-2H3,(H,79,87)/b32-30-,59-57+. The normalized spacial score (nSPS) is 18.6. The maximum atomic E-state index is 13.3. The lowest BCUT2D eigenvalue weighted by Crippen LogP contribution is -2.60. The predicted molar refractivity (Wildman–Crippen MR) is 376 cm³/mol. The van der Waals surface area contributed by atoms with Gasteiger partial charge < -0.3 is 50.5 Å². The first-order chi connectivity index (χ1) is 43.7. The largest absolute Gasteiger partial charge is 0.394 e. The summed E-state index contributed by atoms with van der Waals surface area (Å²) in [6.07, 6.45) is 74.4. The molecule has 0 radical (unpaired) electrons. The number of carbonyl (C=O) groups excluding carboxylic acids is 1. The Morgan fingerprint density at radius 3 is 0.966 bits per heavy atom. The van der Waals surface area contributed by atoms with Crippen LogP contribution in [0.4, 0.5) is 0 Å². The number of hydrogen-bond donors (Lipinski definition) is 8. The fourth-order valence-electron chi connectivity index (χ4n) is 13.0. The van der Waals surface area contributed by atoms with E-state index in [4.69, 9.17) is 9.47 Å². The van der Waals surface area contributed by atoms with E-state index in [0.29, 0.717) is 12.8 Å². The van der Waals surface area contributed by atoms with Crippen molar-refractivity contribution >= 4 is 5.91 Å². The number of aliphatic hydroxyl groups is 7. The quantitative estimate of drug-likeness (QED) is 0.0215. The zero-order chi connectivity index (χ0) is 64.6. The lowest BCUT2D eigenvalue weighted by Gasteiger charge is -2.40. The molecule has 11 heteroatoms. The van der Waals surface area contributed by atoms with Crippen molar-refractivity contribution in [1.29, 1.82) is 0 Å². The van der Waals surface area contributed by atoms with Gasteiger partial charge in [-0.15, -0.1) is 0 Å². The van der Waals surface area contributed by atoms with Crippen LogP contribution in [0.15, 0.2) is 24.3 Å². The number of carbonyl (C=O) groups is 1. The molecule has 0 aromatic rings. The Balaban J connectivity index is 2.16. The zero-order valence-electron chi connectivity index (χ0n) is 58.7. The summed E-state index contributed by atoms with van der Waals surface area (Å²) in [5, 5.41) is 76.7. The summed E-state index contributed by atoms with van der Waals surface area (Å²) in [5.41, 5.74) is 0. The molecule has 528 valence electrons. The highest BCUT2D eigenvalue weighted by molar-refractivity contribution is 5.80. The number of hydrogen-bond acceptors (Lipinski definition) is 10. The van der Waals surface area contributed by atoms with Crippen molar-refractivity contribution in [3.63, 3.8) is 0 Å². The molecule has 0 bridgehead atoms. The summed E-state index contributed by atoms with van der Waals surface area (Å²) in [6, 6.07) is -1.19. The predicted octanol–water partition coefficient (Wildman–Crippen LogP) is 19.9. The van der Waals surface area contributed by atoms with Crippen molar-refractivity contribution in [2.45, 2.75) is 454 Å². The minimum atomic E-state index is -1.67. The van der Waals surface area contributed by atoms with E-state index < -0.39 is 74.2 Å². The monoisotopic (exact) mass is 1260 g/mol. The van der Waals surface area contributed by atoms with Crippen molar-refractivity contribution in [2.75, 3.05) is 13.2 Å². The molecule has 1 fully saturated rings. The number of amides is 1. The van der Waals surface area contributed by atoms with Crippen LogP contribution < -0.4 is 5.32 Å². The molecule has 1 aliphatic rings. The fraction of sp³-hybridized carbons (Fsp3) is 0.936. The molecule has 0 spiro atoms. The molecule has 1 aliphatic heterocycles. The van der Waals surface area contributed by atoms with E-state index in [1.165, 1.54) is 321 Å². The van der Waals surface area contributed by atoms with Crippen LogP contribution in [0, 0.1) is 0 Å². The van der Waals surface area contributed by atoms with Gasteiger partial charge in [0.2, 0.25) is 5.91 Å². The fourth-order valence-corrected chi connectivity index (χ4v) is 13.0. The average Bonchev–Trinajstić information content (AvgIpc) is 3.68. The molecule has 0 saturated carbocycles. The molecule has 1 rings (SSSR count). The van der Waals surface area contributed by atoms with Gasteiger partial charge in [0.05, 0.1) is 25.4 Å². The number of allylic oxidation sites excluding steroid dienone is 4. The highest BCUT2D eigenvalue weighted by Gasteiger charge is 2.44. The van der Waals surface area contributed by atoms with E-state index >= 15 is 0 Å². The molecule has 1 heterocycles. The van der Waals surface area contributed by atoms with Crippen molar-refractivity contribution < 1.29 is 50.0 Å². The van der Waals surface area contributed by atoms with Crippen LogP contribution in [-0.4, -0.2) is 110 Å². The molecule has 8 N–H and O–H groups in total. The number of rotatable bonds is 70. The summed E-state index contributed by atoms with van der Waals surface area (Å²) in [6.45, 7) is 3.52. The highest BCUT2D eigenvalue weighted by Crippen LogP contribution is 2.24. The van der Waals surface area contributed by atoms with Crippen LogP contribution in [0.3, 0.4) is 0 Å². The molecule has 1 amide bonds. The second-order valence-corrected chi connectivity index (χ2v) is 27.8. The van der Waals surface area contributed by atoms with E-state index in [1.807, 2.05) is 0 Å². The first-order valence-electron chi connectivity index (χ1n) is 39.2. The van der Waals surface area contributed by atoms with Gasteiger partial charge in [0.25, 0.3) is 0 Å². The van der Waals surface area contributed by atoms with Gasteiger partial charge in [-0.2, -0.15) is 0 Å². The Morgan fingerprint density at radius 2 is 0.663 bits per heavy atom. The molecule has 89 heavy (non-hydrogen) atoms. The first-order valence-corrected chi connectivity index (χ1v) is 39.2. The Labute approximate surface area is 550 Å². The van der Waals surface area contributed by atoms with Gasteiger partial charge in [-0.05, 0) is 64.2 Å². The minimum absolute atomic E-state index is 0.257. The van der Waals surface area contributed by atoms with E-state index in [0.717, 1.165) is 38.5 Å². The zero-order valence-corrected chi connectivity index (χ0v) is 58.7. The van der Waals surface area contributed by atoms with Crippen molar-refractivity contribution in [1.82, 2.24) is 5.32 Å². The third kappa shape index (κ3) is 53.5. The Hall–Kier alpha value is -1.41. The van der Waals surface area contributed by atoms with E-state index in [2.05, 4.69) is 43.5 Å². The lowest BCUT2D eigenvalue weighted by atomic mass is 9.98. The summed E-state index contributed by atoms with van der Waals surface area (Å²) in [5.74, 6) is -0.699. The topological polar surface area (TPSA) is 189 Å². The van der Waals surface area contributed by atoms with Gasteiger partial charge in [-0.1, -0.05) is 359 Å². The smallest absolute Gasteiger partial charge is 0.249 e. The molecule has 9 unspecified atom stereocenters. The second-order valence-electron chi connectivity index (χ2n) is 27.8. The van der Waals surface area contributed by atoms with Crippen molar-refractivity contribution in [3.05, 3.63) is 24.3 Å². The van der Waals surface area contributed by atoms with Crippen molar-refractivity contribution in [2.24, 2.45) is 0 Å². The summed E-state index contributed by atoms with van der Waals surface area (Å²) in [7, 11) is 0.